The molecule has 0 aromatic heterocycles. The zero-order valence-electron chi connectivity index (χ0n) is 8.74. The van der Waals surface area contributed by atoms with Crippen LogP contribution >= 0.6 is 0 Å². The first-order valence-corrected chi connectivity index (χ1v) is 4.55. The summed E-state index contributed by atoms with van der Waals surface area (Å²) in [4.78, 5) is 21.8. The number of methoxy groups -OCH3 is 1. The molecule has 80 valence electrons. The fourth-order valence-electron chi connectivity index (χ4n) is 1.17. The van der Waals surface area contributed by atoms with Gasteiger partial charge in [0, 0.05) is 6.54 Å². The number of rotatable bonds is 2. The number of nitrogens with one attached hydrogen (secondary N) is 1. The standard InChI is InChI=1S/C11H13NO3/c1-8-4-3-5-9(6-8)7-12-10(13)11(14)15-2/h3-6H,7H2,1-2H3,(H,12,13). The highest BCUT2D eigenvalue weighted by molar-refractivity contribution is 6.32. The molecule has 0 saturated carbocycles. The minimum atomic E-state index is -0.873. The molecule has 1 rings (SSSR count). The van der Waals surface area contributed by atoms with E-state index in [9.17, 15) is 9.59 Å². The Morgan fingerprint density at radius 2 is 2.13 bits per heavy atom. The number of carbonyl (C=O) groups excluding carboxylic acids is 2. The number of hydrogen-bond acceptors (Lipinski definition) is 3. The molecule has 0 atom stereocenters. The van der Waals surface area contributed by atoms with Gasteiger partial charge in [-0.1, -0.05) is 29.8 Å². The van der Waals surface area contributed by atoms with Crippen molar-refractivity contribution in [2.45, 2.75) is 13.5 Å². The van der Waals surface area contributed by atoms with E-state index in [0.29, 0.717) is 6.54 Å². The molecule has 1 aromatic carbocycles. The Bertz CT molecular complexity index is 374. The Labute approximate surface area is 88.2 Å². The molecule has 0 aliphatic rings. The highest BCUT2D eigenvalue weighted by atomic mass is 16.5. The van der Waals surface area contributed by atoms with E-state index in [1.165, 1.54) is 7.11 Å². The molecule has 0 heterocycles. The summed E-state index contributed by atoms with van der Waals surface area (Å²) in [5.74, 6) is -1.60. The van der Waals surface area contributed by atoms with Gasteiger partial charge in [-0.3, -0.25) is 4.79 Å². The van der Waals surface area contributed by atoms with Crippen LogP contribution in [0.25, 0.3) is 0 Å². The van der Waals surface area contributed by atoms with E-state index in [4.69, 9.17) is 0 Å². The van der Waals surface area contributed by atoms with Gasteiger partial charge in [0.2, 0.25) is 0 Å². The van der Waals surface area contributed by atoms with Gasteiger partial charge >= 0.3 is 11.9 Å². The van der Waals surface area contributed by atoms with Gasteiger partial charge in [-0.05, 0) is 12.5 Å². The van der Waals surface area contributed by atoms with Crippen LogP contribution in [0.15, 0.2) is 24.3 Å². The van der Waals surface area contributed by atoms with E-state index in [2.05, 4.69) is 10.1 Å². The summed E-state index contributed by atoms with van der Waals surface area (Å²) in [7, 11) is 1.18. The normalized spacial score (nSPS) is 9.47. The predicted molar refractivity (Wildman–Crippen MR) is 55.0 cm³/mol. The lowest BCUT2D eigenvalue weighted by atomic mass is 10.1. The number of ether oxygens (including phenoxy) is 1. The number of aryl methyl sites for hydroxylation is 1. The lowest BCUT2D eigenvalue weighted by molar-refractivity contribution is -0.152. The van der Waals surface area contributed by atoms with Gasteiger partial charge in [-0.25, -0.2) is 4.79 Å². The van der Waals surface area contributed by atoms with E-state index in [-0.39, 0.29) is 0 Å². The third-order valence-corrected chi connectivity index (χ3v) is 1.91. The Morgan fingerprint density at radius 3 is 2.73 bits per heavy atom. The number of amides is 1. The largest absolute Gasteiger partial charge is 0.462 e. The zero-order valence-corrected chi connectivity index (χ0v) is 8.74. The summed E-state index contributed by atoms with van der Waals surface area (Å²) in [6.45, 7) is 2.29. The van der Waals surface area contributed by atoms with Gasteiger partial charge in [-0.15, -0.1) is 0 Å². The van der Waals surface area contributed by atoms with Crippen LogP contribution in [0, 0.1) is 6.92 Å². The van der Waals surface area contributed by atoms with Crippen LogP contribution in [0.4, 0.5) is 0 Å². The van der Waals surface area contributed by atoms with Crippen LogP contribution in [0.1, 0.15) is 11.1 Å². The van der Waals surface area contributed by atoms with Crippen molar-refractivity contribution < 1.29 is 14.3 Å². The molecule has 0 unspecified atom stereocenters. The highest BCUT2D eigenvalue weighted by Gasteiger charge is 2.12. The fourth-order valence-corrected chi connectivity index (χ4v) is 1.17. The molecule has 0 aliphatic heterocycles. The molecule has 4 nitrogen and oxygen atoms in total. The van der Waals surface area contributed by atoms with Crippen LogP contribution in [0.5, 0.6) is 0 Å². The second kappa shape index (κ2) is 5.14. The first-order valence-electron chi connectivity index (χ1n) is 4.55. The molecule has 0 bridgehead atoms. The van der Waals surface area contributed by atoms with Crippen LogP contribution in [-0.4, -0.2) is 19.0 Å². The Kier molecular flexibility index (Phi) is 3.85. The number of carbonyl (C=O) groups is 2. The van der Waals surface area contributed by atoms with Gasteiger partial charge in [0.15, 0.2) is 0 Å². The van der Waals surface area contributed by atoms with Crippen molar-refractivity contribution in [3.05, 3.63) is 35.4 Å². The zero-order chi connectivity index (χ0) is 11.3. The highest BCUT2D eigenvalue weighted by Crippen LogP contribution is 2.02. The van der Waals surface area contributed by atoms with Gasteiger partial charge in [0.1, 0.15) is 0 Å². The number of hydrogen-bond donors (Lipinski definition) is 1. The van der Waals surface area contributed by atoms with Crippen LogP contribution in [-0.2, 0) is 20.9 Å². The quantitative estimate of drug-likeness (QED) is 0.576. The van der Waals surface area contributed by atoms with Crippen molar-refractivity contribution in [1.29, 1.82) is 0 Å². The summed E-state index contributed by atoms with van der Waals surface area (Å²) >= 11 is 0. The molecule has 1 N–H and O–H groups in total. The van der Waals surface area contributed by atoms with E-state index in [1.807, 2.05) is 31.2 Å². The first kappa shape index (κ1) is 11.2. The molecule has 0 spiro atoms. The third kappa shape index (κ3) is 3.42. The van der Waals surface area contributed by atoms with E-state index in [0.717, 1.165) is 11.1 Å². The average molecular weight is 207 g/mol. The van der Waals surface area contributed by atoms with E-state index in [1.54, 1.807) is 0 Å². The molecule has 1 amide bonds. The van der Waals surface area contributed by atoms with Crippen molar-refractivity contribution in [2.24, 2.45) is 0 Å². The average Bonchev–Trinajstić information content (AvgIpc) is 2.25. The van der Waals surface area contributed by atoms with Crippen LogP contribution in [0.2, 0.25) is 0 Å². The maximum Gasteiger partial charge on any atom is 0.396 e. The third-order valence-electron chi connectivity index (χ3n) is 1.91. The Morgan fingerprint density at radius 1 is 1.40 bits per heavy atom. The summed E-state index contributed by atoms with van der Waals surface area (Å²) in [6, 6.07) is 7.68. The van der Waals surface area contributed by atoms with Crippen LogP contribution in [0.3, 0.4) is 0 Å². The van der Waals surface area contributed by atoms with E-state index >= 15 is 0 Å². The summed E-state index contributed by atoms with van der Waals surface area (Å²) in [5.41, 5.74) is 2.06. The van der Waals surface area contributed by atoms with Crippen molar-refractivity contribution in [3.63, 3.8) is 0 Å². The SMILES string of the molecule is COC(=O)C(=O)NCc1cccc(C)c1. The topological polar surface area (TPSA) is 55.4 Å². The van der Waals surface area contributed by atoms with Crippen LogP contribution < -0.4 is 5.32 Å². The molecule has 4 heteroatoms. The first-order chi connectivity index (χ1) is 7.13. The Hall–Kier alpha value is -1.84. The Balaban J connectivity index is 2.50. The van der Waals surface area contributed by atoms with Gasteiger partial charge in [-0.2, -0.15) is 0 Å². The van der Waals surface area contributed by atoms with E-state index < -0.39 is 11.9 Å². The van der Waals surface area contributed by atoms with Gasteiger partial charge < -0.3 is 10.1 Å². The van der Waals surface area contributed by atoms with Crippen molar-refractivity contribution in [3.8, 4) is 0 Å². The lowest BCUT2D eigenvalue weighted by Crippen LogP contribution is -2.31. The molecule has 0 saturated heterocycles. The number of benzene rings is 1. The summed E-state index contributed by atoms with van der Waals surface area (Å²) in [5, 5.41) is 2.46. The maximum atomic E-state index is 11.0. The maximum absolute atomic E-state index is 11.0. The van der Waals surface area contributed by atoms with Crippen molar-refractivity contribution in [1.82, 2.24) is 5.32 Å². The predicted octanol–water partition coefficient (Wildman–Crippen LogP) is 0.784. The summed E-state index contributed by atoms with van der Waals surface area (Å²) in [6.07, 6.45) is 0. The number of esters is 1. The smallest absolute Gasteiger partial charge is 0.396 e. The second-order valence-corrected chi connectivity index (χ2v) is 3.16. The van der Waals surface area contributed by atoms with Gasteiger partial charge in [0.25, 0.3) is 0 Å². The minimum absolute atomic E-state index is 0.329. The molecular formula is C11H13NO3. The molecule has 0 radical (unpaired) electrons. The molecular weight excluding hydrogens is 194 g/mol. The lowest BCUT2D eigenvalue weighted by Gasteiger charge is -2.04. The molecule has 15 heavy (non-hydrogen) atoms. The monoisotopic (exact) mass is 207 g/mol. The van der Waals surface area contributed by atoms with Crippen molar-refractivity contribution in [2.75, 3.05) is 7.11 Å². The molecule has 0 aliphatic carbocycles. The van der Waals surface area contributed by atoms with Crippen molar-refractivity contribution >= 4 is 11.9 Å². The second-order valence-electron chi connectivity index (χ2n) is 3.16. The fraction of sp³-hybridized carbons (Fsp3) is 0.273. The van der Waals surface area contributed by atoms with Gasteiger partial charge in [0.05, 0.1) is 7.11 Å². The summed E-state index contributed by atoms with van der Waals surface area (Å²) < 4.78 is 4.27. The molecule has 1 aromatic rings. The molecule has 0 fully saturated rings. The minimum Gasteiger partial charge on any atom is -0.462 e.